The summed E-state index contributed by atoms with van der Waals surface area (Å²) in [6.45, 7) is 0.888. The molecule has 1 fully saturated rings. The minimum Gasteiger partial charge on any atom is -0.477 e. The predicted octanol–water partition coefficient (Wildman–Crippen LogP) is -1.16. The highest BCUT2D eigenvalue weighted by atomic mass is 32.2. The van der Waals surface area contributed by atoms with E-state index in [1.807, 2.05) is 4.98 Å². The van der Waals surface area contributed by atoms with Crippen LogP contribution in [0.2, 0.25) is 0 Å². The summed E-state index contributed by atoms with van der Waals surface area (Å²) >= 11 is 1.18. The quantitative estimate of drug-likeness (QED) is 0.199. The summed E-state index contributed by atoms with van der Waals surface area (Å²) in [6.07, 6.45) is 0. The van der Waals surface area contributed by atoms with Crippen molar-refractivity contribution in [3.63, 3.8) is 0 Å². The van der Waals surface area contributed by atoms with Gasteiger partial charge in [0.2, 0.25) is 5.91 Å². The first-order valence-electron chi connectivity index (χ1n) is 11.1. The van der Waals surface area contributed by atoms with Crippen LogP contribution in [-0.2, 0) is 23.9 Å². The molecule has 198 valence electrons. The first-order valence-corrected chi connectivity index (χ1v) is 12.1. The van der Waals surface area contributed by atoms with Gasteiger partial charge in [-0.1, -0.05) is 30.3 Å². The third kappa shape index (κ3) is 5.36. The number of rotatable bonds is 8. The van der Waals surface area contributed by atoms with Crippen molar-refractivity contribution in [2.45, 2.75) is 24.4 Å². The highest BCUT2D eigenvalue weighted by Gasteiger charge is 2.54. The molecule has 1 saturated heterocycles. The molecule has 1 aromatic heterocycles. The second kappa shape index (κ2) is 10.8. The summed E-state index contributed by atoms with van der Waals surface area (Å²) in [6, 6.07) is 6.49. The maximum atomic E-state index is 13.3. The van der Waals surface area contributed by atoms with E-state index in [1.165, 1.54) is 18.7 Å². The average Bonchev–Trinajstić information content (AvgIpc) is 2.87. The van der Waals surface area contributed by atoms with Gasteiger partial charge in [-0.2, -0.15) is 0 Å². The highest BCUT2D eigenvalue weighted by Crippen LogP contribution is 2.40. The summed E-state index contributed by atoms with van der Waals surface area (Å²) in [7, 11) is 0. The molecule has 2 aliphatic rings. The largest absolute Gasteiger partial charge is 0.477 e. The van der Waals surface area contributed by atoms with Gasteiger partial charge in [-0.15, -0.1) is 11.8 Å². The molecule has 1 unspecified atom stereocenters. The number of aromatic nitrogens is 2. The number of ether oxygens (including phenoxy) is 1. The minimum atomic E-state index is -1.38. The summed E-state index contributed by atoms with van der Waals surface area (Å²) in [4.78, 5) is 90.3. The summed E-state index contributed by atoms with van der Waals surface area (Å²) in [5, 5.41) is 13.9. The second-order valence-corrected chi connectivity index (χ2v) is 9.36. The lowest BCUT2D eigenvalue weighted by atomic mass is 10.0. The Balaban J connectivity index is 1.54. The van der Waals surface area contributed by atoms with Gasteiger partial charge in [-0.25, -0.2) is 9.59 Å². The van der Waals surface area contributed by atoms with E-state index in [9.17, 15) is 38.7 Å². The summed E-state index contributed by atoms with van der Waals surface area (Å²) < 4.78 is 4.90. The second-order valence-electron chi connectivity index (χ2n) is 8.25. The van der Waals surface area contributed by atoms with Gasteiger partial charge in [0.05, 0.1) is 0 Å². The lowest BCUT2D eigenvalue weighted by molar-refractivity contribution is -0.151. The molecule has 4 rings (SSSR count). The zero-order valence-electron chi connectivity index (χ0n) is 19.7. The van der Waals surface area contributed by atoms with E-state index in [-0.39, 0.29) is 29.3 Å². The molecule has 3 amide bonds. The van der Waals surface area contributed by atoms with Crippen LogP contribution in [-0.4, -0.2) is 73.4 Å². The Hall–Kier alpha value is -4.66. The van der Waals surface area contributed by atoms with Crippen LogP contribution in [0.15, 0.2) is 57.3 Å². The molecule has 2 aliphatic heterocycles. The third-order valence-electron chi connectivity index (χ3n) is 5.67. The molecule has 0 spiro atoms. The van der Waals surface area contributed by atoms with E-state index in [2.05, 4.69) is 15.6 Å². The number of hydrogen-bond donors (Lipinski definition) is 5. The van der Waals surface area contributed by atoms with Gasteiger partial charge in [0.15, 0.2) is 0 Å². The van der Waals surface area contributed by atoms with Crippen LogP contribution in [0.3, 0.4) is 0 Å². The predicted molar refractivity (Wildman–Crippen MR) is 131 cm³/mol. The molecule has 0 radical (unpaired) electrons. The number of aromatic amines is 2. The smallest absolute Gasteiger partial charge is 0.352 e. The number of carboxylic acids is 1. The number of benzene rings is 1. The maximum absolute atomic E-state index is 13.3. The number of nitrogens with zero attached hydrogens (tertiary/aromatic N) is 1. The molecule has 2 aromatic rings. The number of aliphatic carboxylic acids is 1. The number of amides is 3. The van der Waals surface area contributed by atoms with Gasteiger partial charge < -0.3 is 25.5 Å². The molecule has 38 heavy (non-hydrogen) atoms. The number of β-lactam (4-membered cyclic amide) rings is 1. The standard InChI is InChI=1S/C23H21N5O9S/c1-10(29)37-8-12-9-38-21-16(20(33)28(21)17(12)22(34)35)27-19(32)15(11-5-3-2-4-6-11)26-18(31)13-7-14(30)25-23(36)24-13/h2-7,15-16,21H,8-9H2,1H3,(H,26,31)(H,27,32)(H,34,35)(H2,24,25,30,36)/t15?,16-,21-/m1/s1. The number of H-pyrrole nitrogens is 2. The van der Waals surface area contributed by atoms with Gasteiger partial charge in [0.25, 0.3) is 17.4 Å². The van der Waals surface area contributed by atoms with Crippen LogP contribution >= 0.6 is 11.8 Å². The molecule has 15 heteroatoms. The third-order valence-corrected chi connectivity index (χ3v) is 7.01. The highest BCUT2D eigenvalue weighted by molar-refractivity contribution is 8.00. The lowest BCUT2D eigenvalue weighted by Gasteiger charge is -2.49. The van der Waals surface area contributed by atoms with E-state index in [0.717, 1.165) is 11.0 Å². The summed E-state index contributed by atoms with van der Waals surface area (Å²) in [5.41, 5.74) is -1.82. The van der Waals surface area contributed by atoms with Crippen LogP contribution in [0, 0.1) is 0 Å². The van der Waals surface area contributed by atoms with E-state index >= 15 is 0 Å². The van der Waals surface area contributed by atoms with Crippen molar-refractivity contribution in [3.05, 3.63) is 79.8 Å². The number of fused-ring (bicyclic) bond motifs is 1. The van der Waals surface area contributed by atoms with E-state index < -0.39 is 58.4 Å². The maximum Gasteiger partial charge on any atom is 0.352 e. The van der Waals surface area contributed by atoms with Gasteiger partial charge in [0, 0.05) is 24.3 Å². The topological polar surface area (TPSA) is 208 Å². The fraction of sp³-hybridized carbons (Fsp3) is 0.261. The molecular formula is C23H21N5O9S. The van der Waals surface area contributed by atoms with Crippen molar-refractivity contribution in [1.82, 2.24) is 25.5 Å². The Morgan fingerprint density at radius 3 is 2.50 bits per heavy atom. The normalized spacial score (nSPS) is 19.1. The van der Waals surface area contributed by atoms with Crippen molar-refractivity contribution in [2.75, 3.05) is 12.4 Å². The first-order chi connectivity index (χ1) is 18.1. The van der Waals surface area contributed by atoms with Crippen LogP contribution in [0.1, 0.15) is 29.0 Å². The van der Waals surface area contributed by atoms with Gasteiger partial charge in [-0.3, -0.25) is 33.9 Å². The molecular weight excluding hydrogens is 522 g/mol. The van der Waals surface area contributed by atoms with Crippen molar-refractivity contribution < 1.29 is 33.8 Å². The molecule has 0 saturated carbocycles. The average molecular weight is 544 g/mol. The van der Waals surface area contributed by atoms with E-state index in [4.69, 9.17) is 4.74 Å². The Morgan fingerprint density at radius 1 is 1.16 bits per heavy atom. The molecule has 0 bridgehead atoms. The number of carbonyl (C=O) groups excluding carboxylic acids is 4. The number of carbonyl (C=O) groups is 5. The van der Waals surface area contributed by atoms with Crippen LogP contribution < -0.4 is 21.9 Å². The SMILES string of the molecule is CC(=O)OCC1=C(C(=O)O)N2C(=O)[C@@H](NC(=O)C(NC(=O)c3cc(=O)[nH]c(=O)[nH]3)c3ccccc3)[C@H]2SC1. The minimum absolute atomic E-state index is 0.143. The molecule has 14 nitrogen and oxygen atoms in total. The molecule has 5 N–H and O–H groups in total. The Kier molecular flexibility index (Phi) is 7.47. The number of hydrogen-bond acceptors (Lipinski definition) is 9. The molecule has 3 heterocycles. The van der Waals surface area contributed by atoms with Crippen LogP contribution in [0.5, 0.6) is 0 Å². The van der Waals surface area contributed by atoms with E-state index in [1.54, 1.807) is 30.3 Å². The number of thioether (sulfide) groups is 1. The number of esters is 1. The zero-order chi connectivity index (χ0) is 27.6. The van der Waals surface area contributed by atoms with Gasteiger partial charge in [-0.05, 0) is 5.56 Å². The fourth-order valence-electron chi connectivity index (χ4n) is 3.97. The van der Waals surface area contributed by atoms with Gasteiger partial charge in [0.1, 0.15) is 35.5 Å². The lowest BCUT2D eigenvalue weighted by Crippen LogP contribution is -2.71. The zero-order valence-corrected chi connectivity index (χ0v) is 20.5. The summed E-state index contributed by atoms with van der Waals surface area (Å²) in [5.74, 6) is -4.22. The van der Waals surface area contributed by atoms with Crippen LogP contribution in [0.4, 0.5) is 0 Å². The van der Waals surface area contributed by atoms with Crippen molar-refractivity contribution in [2.24, 2.45) is 0 Å². The Morgan fingerprint density at radius 2 is 1.87 bits per heavy atom. The molecule has 3 atom stereocenters. The van der Waals surface area contributed by atoms with Crippen LogP contribution in [0.25, 0.3) is 0 Å². The fourth-order valence-corrected chi connectivity index (χ4v) is 5.29. The number of nitrogens with one attached hydrogen (secondary N) is 4. The molecule has 1 aromatic carbocycles. The van der Waals surface area contributed by atoms with Crippen molar-refractivity contribution in [1.29, 1.82) is 0 Å². The van der Waals surface area contributed by atoms with Gasteiger partial charge >= 0.3 is 17.6 Å². The monoisotopic (exact) mass is 543 g/mol. The molecule has 0 aliphatic carbocycles. The number of carboxylic acid groups (broad SMARTS) is 1. The van der Waals surface area contributed by atoms with Crippen molar-refractivity contribution in [3.8, 4) is 0 Å². The Bertz CT molecular complexity index is 1440. The van der Waals surface area contributed by atoms with Crippen molar-refractivity contribution >= 4 is 41.4 Å². The Labute approximate surface area is 217 Å². The van der Waals surface area contributed by atoms with E-state index in [0.29, 0.717) is 5.56 Å². The first kappa shape index (κ1) is 26.4.